The first-order valence-corrected chi connectivity index (χ1v) is 4.45. The Bertz CT molecular complexity index is 30.1. The molecule has 0 aromatic carbocycles. The van der Waals surface area contributed by atoms with Crippen molar-refractivity contribution >= 4 is 20.5 Å². The van der Waals surface area contributed by atoms with Crippen molar-refractivity contribution in [1.82, 2.24) is 0 Å². The summed E-state index contributed by atoms with van der Waals surface area (Å²) in [6.45, 7) is 2.98. The molecule has 0 aliphatic carbocycles. The van der Waals surface area contributed by atoms with Crippen molar-refractivity contribution in [3.8, 4) is 0 Å². The van der Waals surface area contributed by atoms with Gasteiger partial charge in [0.05, 0.1) is 0 Å². The van der Waals surface area contributed by atoms with Crippen LogP contribution in [0.3, 0.4) is 0 Å². The van der Waals surface area contributed by atoms with Crippen LogP contribution in [0.25, 0.3) is 0 Å². The predicted octanol–water partition coefficient (Wildman–Crippen LogP) is -1.29. The van der Waals surface area contributed by atoms with Crippen LogP contribution < -0.4 is 0 Å². The largest absolute Gasteiger partial charge is 0.449 e. The fourth-order valence-corrected chi connectivity index (χ4v) is 1.36. The topological polar surface area (TPSA) is 18.5 Å². The predicted molar refractivity (Wildman–Crippen MR) is 35.8 cm³/mol. The first kappa shape index (κ1) is 7.35. The van der Waals surface area contributed by atoms with E-state index in [4.69, 9.17) is 8.54 Å². The van der Waals surface area contributed by atoms with Crippen LogP contribution >= 0.6 is 0 Å². The standard InChI is InChI=1S/C3H12O2Si2/c1-2-3-4-7-5-6/h2-3,7H2,1,6H3. The molecule has 0 bridgehead atoms. The zero-order valence-electron chi connectivity index (χ0n) is 4.94. The molecule has 44 valence electrons. The van der Waals surface area contributed by atoms with Gasteiger partial charge in [-0.05, 0) is 6.42 Å². The van der Waals surface area contributed by atoms with Gasteiger partial charge < -0.3 is 8.54 Å². The Labute approximate surface area is 49.8 Å². The van der Waals surface area contributed by atoms with Gasteiger partial charge in [-0.3, -0.25) is 0 Å². The third-order valence-corrected chi connectivity index (χ3v) is 1.95. The lowest BCUT2D eigenvalue weighted by atomic mass is 10.5. The molecule has 0 aliphatic heterocycles. The highest BCUT2D eigenvalue weighted by atomic mass is 28.3. The lowest BCUT2D eigenvalue weighted by molar-refractivity contribution is 0.294. The number of hydrogen-bond acceptors (Lipinski definition) is 2. The Morgan fingerprint density at radius 2 is 2.43 bits per heavy atom. The van der Waals surface area contributed by atoms with Gasteiger partial charge >= 0.3 is 0 Å². The molecule has 0 aromatic rings. The minimum absolute atomic E-state index is 0.528. The first-order chi connectivity index (χ1) is 3.41. The fraction of sp³-hybridized carbons (Fsp3) is 1.00. The second-order valence-corrected chi connectivity index (χ2v) is 4.27. The summed E-state index contributed by atoms with van der Waals surface area (Å²) in [7, 11) is 0.315. The highest BCUT2D eigenvalue weighted by molar-refractivity contribution is 6.27. The van der Waals surface area contributed by atoms with E-state index in [1.807, 2.05) is 0 Å². The fourth-order valence-electron chi connectivity index (χ4n) is 0.287. The van der Waals surface area contributed by atoms with Crippen LogP contribution in [0.4, 0.5) is 0 Å². The van der Waals surface area contributed by atoms with Gasteiger partial charge in [0, 0.05) is 6.61 Å². The van der Waals surface area contributed by atoms with Gasteiger partial charge in [-0.25, -0.2) is 0 Å². The van der Waals surface area contributed by atoms with Crippen molar-refractivity contribution in [2.75, 3.05) is 6.61 Å². The van der Waals surface area contributed by atoms with Crippen molar-refractivity contribution in [2.24, 2.45) is 0 Å². The summed E-state index contributed by atoms with van der Waals surface area (Å²) in [5, 5.41) is 0. The highest BCUT2D eigenvalue weighted by Crippen LogP contribution is 1.75. The molecule has 0 saturated heterocycles. The van der Waals surface area contributed by atoms with Gasteiger partial charge in [0.1, 0.15) is 10.5 Å². The van der Waals surface area contributed by atoms with Crippen LogP contribution in [0, 0.1) is 0 Å². The maximum Gasteiger partial charge on any atom is 0.293 e. The molecule has 4 heteroatoms. The van der Waals surface area contributed by atoms with Gasteiger partial charge in [0.15, 0.2) is 0 Å². The molecule has 0 atom stereocenters. The van der Waals surface area contributed by atoms with Crippen molar-refractivity contribution in [1.29, 1.82) is 0 Å². The van der Waals surface area contributed by atoms with E-state index < -0.39 is 10.0 Å². The van der Waals surface area contributed by atoms with E-state index in [1.165, 1.54) is 0 Å². The highest BCUT2D eigenvalue weighted by Gasteiger charge is 1.79. The maximum absolute atomic E-state index is 5.08. The van der Waals surface area contributed by atoms with E-state index in [-0.39, 0.29) is 0 Å². The summed E-state index contributed by atoms with van der Waals surface area (Å²) < 4.78 is 9.98. The molecule has 0 radical (unpaired) electrons. The third-order valence-electron chi connectivity index (χ3n) is 0.550. The second-order valence-electron chi connectivity index (χ2n) is 1.31. The molecule has 0 amide bonds. The maximum atomic E-state index is 5.08. The van der Waals surface area contributed by atoms with Crippen LogP contribution in [-0.4, -0.2) is 27.1 Å². The van der Waals surface area contributed by atoms with E-state index in [0.29, 0.717) is 0 Å². The van der Waals surface area contributed by atoms with E-state index in [9.17, 15) is 0 Å². The average Bonchev–Trinajstić information content (AvgIpc) is 1.69. The quantitative estimate of drug-likeness (QED) is 0.354. The average molecular weight is 136 g/mol. The van der Waals surface area contributed by atoms with Crippen LogP contribution in [-0.2, 0) is 8.54 Å². The van der Waals surface area contributed by atoms with Gasteiger partial charge in [0.25, 0.3) is 10.0 Å². The normalized spacial score (nSPS) is 11.6. The molecule has 0 spiro atoms. The zero-order valence-corrected chi connectivity index (χ0v) is 8.35. The first-order valence-electron chi connectivity index (χ1n) is 2.48. The lowest BCUT2D eigenvalue weighted by Gasteiger charge is -1.96. The Hall–Kier alpha value is 0.354. The third kappa shape index (κ3) is 6.35. The van der Waals surface area contributed by atoms with Crippen LogP contribution in [0.5, 0.6) is 0 Å². The molecule has 0 aromatic heterocycles. The van der Waals surface area contributed by atoms with Crippen LogP contribution in [0.1, 0.15) is 13.3 Å². The molecule has 0 fully saturated rings. The van der Waals surface area contributed by atoms with Gasteiger partial charge in [-0.2, -0.15) is 0 Å². The van der Waals surface area contributed by atoms with Crippen LogP contribution in [0.15, 0.2) is 0 Å². The van der Waals surface area contributed by atoms with Gasteiger partial charge in [-0.15, -0.1) is 0 Å². The Balaban J connectivity index is 2.45. The molecule has 0 N–H and O–H groups in total. The molecular formula is C3H12O2Si2. The molecule has 0 rings (SSSR count). The van der Waals surface area contributed by atoms with Crippen molar-refractivity contribution in [3.63, 3.8) is 0 Å². The lowest BCUT2D eigenvalue weighted by Crippen LogP contribution is -2.01. The molecule has 7 heavy (non-hydrogen) atoms. The Morgan fingerprint density at radius 3 is 2.86 bits per heavy atom. The summed E-state index contributed by atoms with van der Waals surface area (Å²) >= 11 is 0. The van der Waals surface area contributed by atoms with E-state index >= 15 is 0 Å². The number of hydrogen-bond donors (Lipinski definition) is 0. The molecule has 0 unspecified atom stereocenters. The summed E-state index contributed by atoms with van der Waals surface area (Å²) in [6, 6.07) is 0. The minimum Gasteiger partial charge on any atom is -0.449 e. The summed E-state index contributed by atoms with van der Waals surface area (Å²) in [5.41, 5.74) is 0. The van der Waals surface area contributed by atoms with E-state index in [1.54, 1.807) is 0 Å². The van der Waals surface area contributed by atoms with Crippen molar-refractivity contribution in [2.45, 2.75) is 13.3 Å². The SMILES string of the molecule is CCCO[SiH2]O[SiH3]. The van der Waals surface area contributed by atoms with E-state index in [0.717, 1.165) is 23.5 Å². The smallest absolute Gasteiger partial charge is 0.293 e. The molecule has 0 heterocycles. The number of rotatable bonds is 4. The minimum atomic E-state index is -0.528. The molecule has 0 saturated carbocycles. The van der Waals surface area contributed by atoms with E-state index in [2.05, 4.69) is 6.92 Å². The second kappa shape index (κ2) is 6.35. The zero-order chi connectivity index (χ0) is 5.54. The summed E-state index contributed by atoms with van der Waals surface area (Å²) in [4.78, 5) is 0. The Kier molecular flexibility index (Phi) is 6.67. The monoisotopic (exact) mass is 136 g/mol. The van der Waals surface area contributed by atoms with Gasteiger partial charge in [-0.1, -0.05) is 6.92 Å². The van der Waals surface area contributed by atoms with Crippen LogP contribution in [0.2, 0.25) is 0 Å². The summed E-state index contributed by atoms with van der Waals surface area (Å²) in [6.07, 6.45) is 1.11. The Morgan fingerprint density at radius 1 is 1.71 bits per heavy atom. The molecule has 0 aliphatic rings. The molecule has 2 nitrogen and oxygen atoms in total. The van der Waals surface area contributed by atoms with Crippen molar-refractivity contribution in [3.05, 3.63) is 0 Å². The van der Waals surface area contributed by atoms with Gasteiger partial charge in [0.2, 0.25) is 0 Å². The van der Waals surface area contributed by atoms with Crippen molar-refractivity contribution < 1.29 is 8.54 Å². The summed E-state index contributed by atoms with van der Waals surface area (Å²) in [5.74, 6) is 0. The molecular weight excluding hydrogens is 124 g/mol.